The summed E-state index contributed by atoms with van der Waals surface area (Å²) in [6.07, 6.45) is 5.02. The lowest BCUT2D eigenvalue weighted by Gasteiger charge is -2.21. The normalized spacial score (nSPS) is 17.4. The third kappa shape index (κ3) is 3.18. The number of allylic oxidation sites excluding steroid dienone is 5. The maximum atomic E-state index is 11.2. The molecule has 0 saturated heterocycles. The average molecular weight is 270 g/mol. The van der Waals surface area contributed by atoms with Crippen molar-refractivity contribution >= 4 is 6.16 Å². The zero-order chi connectivity index (χ0) is 14.5. The molecule has 0 fully saturated rings. The summed E-state index contributed by atoms with van der Waals surface area (Å²) in [5.74, 6) is 0.599. The van der Waals surface area contributed by atoms with Crippen LogP contribution < -0.4 is 0 Å². The summed E-state index contributed by atoms with van der Waals surface area (Å²) in [6.45, 7) is 4.16. The molecule has 3 nitrogen and oxygen atoms in total. The van der Waals surface area contributed by atoms with Gasteiger partial charge in [0, 0.05) is 5.92 Å². The van der Waals surface area contributed by atoms with Gasteiger partial charge in [-0.2, -0.15) is 0 Å². The zero-order valence-electron chi connectivity index (χ0n) is 11.9. The first-order chi connectivity index (χ1) is 9.61. The molecule has 0 saturated carbocycles. The van der Waals surface area contributed by atoms with Gasteiger partial charge in [-0.05, 0) is 37.1 Å². The molecule has 2 rings (SSSR count). The maximum Gasteiger partial charge on any atom is 0.513 e. The summed E-state index contributed by atoms with van der Waals surface area (Å²) in [6, 6.07) is 10.1. The number of rotatable bonds is 2. The van der Waals surface area contributed by atoms with E-state index in [0.29, 0.717) is 5.76 Å². The lowest BCUT2D eigenvalue weighted by molar-refractivity contribution is 0.0995. The highest BCUT2D eigenvalue weighted by molar-refractivity contribution is 5.62. The lowest BCUT2D eigenvalue weighted by Crippen LogP contribution is -2.09. The van der Waals surface area contributed by atoms with Gasteiger partial charge in [-0.15, -0.1) is 0 Å². The van der Waals surface area contributed by atoms with Gasteiger partial charge >= 0.3 is 6.16 Å². The van der Waals surface area contributed by atoms with E-state index in [2.05, 4.69) is 30.7 Å². The summed E-state index contributed by atoms with van der Waals surface area (Å²) in [5.41, 5.74) is 3.62. The Morgan fingerprint density at radius 3 is 2.40 bits per heavy atom. The minimum atomic E-state index is -0.701. The van der Waals surface area contributed by atoms with Crippen LogP contribution in [0.4, 0.5) is 4.79 Å². The molecule has 0 spiro atoms. The minimum absolute atomic E-state index is 0.0888. The van der Waals surface area contributed by atoms with Gasteiger partial charge in [0.1, 0.15) is 5.76 Å². The molecule has 0 aromatic heterocycles. The number of hydrogen-bond donors (Lipinski definition) is 0. The van der Waals surface area contributed by atoms with Gasteiger partial charge in [0.15, 0.2) is 0 Å². The summed E-state index contributed by atoms with van der Waals surface area (Å²) in [7, 11) is 1.30. The molecular weight excluding hydrogens is 252 g/mol. The average Bonchev–Trinajstić information content (AvgIpc) is 2.47. The molecule has 1 aromatic rings. The molecule has 1 atom stereocenters. The first-order valence-electron chi connectivity index (χ1n) is 6.50. The Hall–Kier alpha value is -2.29. The van der Waals surface area contributed by atoms with Crippen LogP contribution >= 0.6 is 0 Å². The highest BCUT2D eigenvalue weighted by Crippen LogP contribution is 2.34. The van der Waals surface area contributed by atoms with Crippen molar-refractivity contribution in [3.8, 4) is 0 Å². The van der Waals surface area contributed by atoms with Crippen LogP contribution in [0.3, 0.4) is 0 Å². The predicted octanol–water partition coefficient (Wildman–Crippen LogP) is 4.34. The quantitative estimate of drug-likeness (QED) is 0.750. The molecule has 0 N–H and O–H groups in total. The van der Waals surface area contributed by atoms with Gasteiger partial charge in [-0.3, -0.25) is 0 Å². The maximum absolute atomic E-state index is 11.2. The van der Waals surface area contributed by atoms with E-state index >= 15 is 0 Å². The van der Waals surface area contributed by atoms with E-state index in [4.69, 9.17) is 4.74 Å². The Balaban J connectivity index is 2.35. The number of benzene rings is 1. The zero-order valence-corrected chi connectivity index (χ0v) is 11.9. The van der Waals surface area contributed by atoms with Gasteiger partial charge in [0.2, 0.25) is 0 Å². The second-order valence-electron chi connectivity index (χ2n) is 4.80. The van der Waals surface area contributed by atoms with Crippen LogP contribution in [-0.2, 0) is 9.47 Å². The number of carbonyl (C=O) groups excluding carboxylic acids is 1. The fraction of sp³-hybridized carbons (Fsp3) is 0.235. The van der Waals surface area contributed by atoms with Crippen LogP contribution in [0.2, 0.25) is 0 Å². The SMILES string of the molecule is COC(=O)OC1=CC(c2ccccc2)C(=C(C)C)C=C1. The molecule has 104 valence electrons. The summed E-state index contributed by atoms with van der Waals surface area (Å²) in [4.78, 5) is 11.2. The number of ether oxygens (including phenoxy) is 2. The smallest absolute Gasteiger partial charge is 0.437 e. The number of carbonyl (C=O) groups is 1. The predicted molar refractivity (Wildman–Crippen MR) is 78.3 cm³/mol. The van der Waals surface area contributed by atoms with E-state index in [9.17, 15) is 4.79 Å². The Labute approximate surface area is 119 Å². The Morgan fingerprint density at radius 2 is 1.80 bits per heavy atom. The fourth-order valence-corrected chi connectivity index (χ4v) is 2.20. The van der Waals surface area contributed by atoms with Gasteiger partial charge in [0.25, 0.3) is 0 Å². The molecule has 3 heteroatoms. The number of methoxy groups -OCH3 is 1. The number of hydrogen-bond acceptors (Lipinski definition) is 3. The minimum Gasteiger partial charge on any atom is -0.437 e. The van der Waals surface area contributed by atoms with Gasteiger partial charge < -0.3 is 9.47 Å². The summed E-state index contributed by atoms with van der Waals surface area (Å²) < 4.78 is 9.63. The molecule has 1 aromatic carbocycles. The van der Waals surface area contributed by atoms with Crippen molar-refractivity contribution in [2.45, 2.75) is 19.8 Å². The highest BCUT2D eigenvalue weighted by Gasteiger charge is 2.19. The van der Waals surface area contributed by atoms with Crippen LogP contribution in [0.5, 0.6) is 0 Å². The first kappa shape index (κ1) is 14.1. The van der Waals surface area contributed by atoms with Crippen LogP contribution in [0.15, 0.2) is 65.5 Å². The van der Waals surface area contributed by atoms with Crippen molar-refractivity contribution in [3.63, 3.8) is 0 Å². The monoisotopic (exact) mass is 270 g/mol. The van der Waals surface area contributed by atoms with Crippen molar-refractivity contribution < 1.29 is 14.3 Å². The molecule has 20 heavy (non-hydrogen) atoms. The van der Waals surface area contributed by atoms with E-state index in [-0.39, 0.29) is 5.92 Å². The molecule has 0 bridgehead atoms. The van der Waals surface area contributed by atoms with Crippen LogP contribution in [0, 0.1) is 0 Å². The standard InChI is InChI=1S/C17H18O3/c1-12(2)15-10-9-14(20-17(18)19-3)11-16(15)13-7-5-4-6-8-13/h4-11,16H,1-3H3. The van der Waals surface area contributed by atoms with Gasteiger partial charge in [-0.25, -0.2) is 4.79 Å². The van der Waals surface area contributed by atoms with Crippen molar-refractivity contribution in [2.24, 2.45) is 0 Å². The molecule has 0 heterocycles. The Morgan fingerprint density at radius 1 is 1.10 bits per heavy atom. The van der Waals surface area contributed by atoms with E-state index in [1.165, 1.54) is 23.8 Å². The Kier molecular flexibility index (Phi) is 4.41. The molecule has 0 radical (unpaired) electrons. The van der Waals surface area contributed by atoms with Crippen LogP contribution in [0.1, 0.15) is 25.3 Å². The lowest BCUT2D eigenvalue weighted by atomic mass is 9.85. The van der Waals surface area contributed by atoms with Crippen LogP contribution in [-0.4, -0.2) is 13.3 Å². The second-order valence-corrected chi connectivity index (χ2v) is 4.80. The third-order valence-corrected chi connectivity index (χ3v) is 3.20. The van der Waals surface area contributed by atoms with Crippen molar-refractivity contribution in [1.82, 2.24) is 0 Å². The molecular formula is C17H18O3. The molecule has 0 amide bonds. The largest absolute Gasteiger partial charge is 0.513 e. The molecule has 1 unspecified atom stereocenters. The highest BCUT2D eigenvalue weighted by atomic mass is 16.7. The Bertz CT molecular complexity index is 576. The summed E-state index contributed by atoms with van der Waals surface area (Å²) in [5, 5.41) is 0. The van der Waals surface area contributed by atoms with E-state index in [1.807, 2.05) is 30.4 Å². The van der Waals surface area contributed by atoms with Crippen LogP contribution in [0.25, 0.3) is 0 Å². The second kappa shape index (κ2) is 6.24. The molecule has 1 aliphatic carbocycles. The van der Waals surface area contributed by atoms with Gasteiger partial charge in [0.05, 0.1) is 7.11 Å². The molecule has 1 aliphatic rings. The molecule has 0 aliphatic heterocycles. The topological polar surface area (TPSA) is 35.5 Å². The van der Waals surface area contributed by atoms with Gasteiger partial charge in [-0.1, -0.05) is 42.0 Å². The third-order valence-electron chi connectivity index (χ3n) is 3.20. The first-order valence-corrected chi connectivity index (χ1v) is 6.50. The van der Waals surface area contributed by atoms with E-state index < -0.39 is 6.16 Å². The van der Waals surface area contributed by atoms with E-state index in [0.717, 1.165) is 0 Å². The van der Waals surface area contributed by atoms with Crippen molar-refractivity contribution in [1.29, 1.82) is 0 Å². The summed E-state index contributed by atoms with van der Waals surface area (Å²) >= 11 is 0. The van der Waals surface area contributed by atoms with Crippen molar-refractivity contribution in [3.05, 3.63) is 71.0 Å². The van der Waals surface area contributed by atoms with E-state index in [1.54, 1.807) is 6.08 Å². The van der Waals surface area contributed by atoms with Crippen molar-refractivity contribution in [2.75, 3.05) is 7.11 Å². The fourth-order valence-electron chi connectivity index (χ4n) is 2.20.